The molecule has 0 saturated heterocycles. The zero-order chi connectivity index (χ0) is 15.9. The topological polar surface area (TPSA) is 38.4 Å². The second-order valence-corrected chi connectivity index (χ2v) is 6.27. The van der Waals surface area contributed by atoms with Crippen LogP contribution < -0.4 is 5.73 Å². The molecule has 116 valence electrons. The second kappa shape index (κ2) is 7.99. The Hall–Kier alpha value is -1.81. The lowest BCUT2D eigenvalue weighted by molar-refractivity contribution is 0.626. The van der Waals surface area contributed by atoms with E-state index in [1.807, 2.05) is 18.2 Å². The molecule has 2 N–H and O–H groups in total. The highest BCUT2D eigenvalue weighted by Crippen LogP contribution is 2.23. The predicted octanol–water partition coefficient (Wildman–Crippen LogP) is 5.22. The number of hydrogen-bond acceptors (Lipinski definition) is 2. The summed E-state index contributed by atoms with van der Waals surface area (Å²) in [5.41, 5.74) is 8.99. The van der Waals surface area contributed by atoms with Crippen LogP contribution >= 0.6 is 11.8 Å². The summed E-state index contributed by atoms with van der Waals surface area (Å²) in [7, 11) is 0. The Morgan fingerprint density at radius 2 is 1.95 bits per heavy atom. The summed E-state index contributed by atoms with van der Waals surface area (Å²) in [6, 6.07) is 14.7. The van der Waals surface area contributed by atoms with Gasteiger partial charge >= 0.3 is 0 Å². The van der Waals surface area contributed by atoms with Crippen molar-refractivity contribution in [3.8, 4) is 0 Å². The van der Waals surface area contributed by atoms with Crippen LogP contribution in [0, 0.1) is 5.82 Å². The molecule has 2 aromatic rings. The highest BCUT2D eigenvalue weighted by molar-refractivity contribution is 8.13. The molecule has 0 radical (unpaired) electrons. The molecule has 0 unspecified atom stereocenters. The number of halogens is 1. The van der Waals surface area contributed by atoms with Crippen molar-refractivity contribution in [2.75, 3.05) is 0 Å². The number of benzene rings is 2. The van der Waals surface area contributed by atoms with Gasteiger partial charge in [0.1, 0.15) is 5.82 Å². The summed E-state index contributed by atoms with van der Waals surface area (Å²) >= 11 is 1.41. The van der Waals surface area contributed by atoms with Crippen molar-refractivity contribution in [1.29, 1.82) is 0 Å². The summed E-state index contributed by atoms with van der Waals surface area (Å²) in [4.78, 5) is 4.39. The molecule has 1 atom stereocenters. The Morgan fingerprint density at radius 3 is 2.59 bits per heavy atom. The Balaban J connectivity index is 1.96. The molecule has 2 nitrogen and oxygen atoms in total. The van der Waals surface area contributed by atoms with Gasteiger partial charge in [-0.3, -0.25) is 0 Å². The van der Waals surface area contributed by atoms with Gasteiger partial charge in [0.05, 0.1) is 5.69 Å². The zero-order valence-electron chi connectivity index (χ0n) is 12.9. The first kappa shape index (κ1) is 16.6. The van der Waals surface area contributed by atoms with Gasteiger partial charge in [-0.25, -0.2) is 9.38 Å². The molecule has 2 aromatic carbocycles. The van der Waals surface area contributed by atoms with E-state index in [9.17, 15) is 4.39 Å². The van der Waals surface area contributed by atoms with Crippen LogP contribution in [0.5, 0.6) is 0 Å². The Kier molecular flexibility index (Phi) is 6.01. The molecule has 0 aromatic heterocycles. The van der Waals surface area contributed by atoms with Crippen molar-refractivity contribution in [2.24, 2.45) is 10.7 Å². The maximum absolute atomic E-state index is 13.1. The van der Waals surface area contributed by atoms with E-state index in [1.54, 1.807) is 6.07 Å². The molecule has 2 rings (SSSR count). The minimum atomic E-state index is -0.228. The van der Waals surface area contributed by atoms with Crippen molar-refractivity contribution >= 4 is 22.6 Å². The maximum atomic E-state index is 13.1. The minimum Gasteiger partial charge on any atom is -0.378 e. The third kappa shape index (κ3) is 4.88. The Morgan fingerprint density at radius 1 is 1.23 bits per heavy atom. The third-order valence-corrected chi connectivity index (χ3v) is 4.45. The van der Waals surface area contributed by atoms with E-state index in [1.165, 1.54) is 29.5 Å². The lowest BCUT2D eigenvalue weighted by Crippen LogP contribution is -2.06. The molecule has 0 aliphatic rings. The van der Waals surface area contributed by atoms with Crippen molar-refractivity contribution < 1.29 is 4.39 Å². The molecule has 0 spiro atoms. The number of thioether (sulfide) groups is 1. The van der Waals surface area contributed by atoms with Crippen molar-refractivity contribution in [1.82, 2.24) is 0 Å². The van der Waals surface area contributed by atoms with E-state index >= 15 is 0 Å². The van der Waals surface area contributed by atoms with Crippen LogP contribution in [0.4, 0.5) is 10.1 Å². The van der Waals surface area contributed by atoms with Crippen LogP contribution in [0.2, 0.25) is 0 Å². The maximum Gasteiger partial charge on any atom is 0.159 e. The minimum absolute atomic E-state index is 0.228. The molecule has 0 aliphatic heterocycles. The number of nitrogens with zero attached hydrogens (tertiary/aromatic N) is 1. The van der Waals surface area contributed by atoms with Crippen LogP contribution in [-0.4, -0.2) is 5.17 Å². The van der Waals surface area contributed by atoms with Crippen LogP contribution in [0.3, 0.4) is 0 Å². The summed E-state index contributed by atoms with van der Waals surface area (Å²) in [5.74, 6) is 0.935. The van der Waals surface area contributed by atoms with E-state index in [4.69, 9.17) is 5.73 Å². The van der Waals surface area contributed by atoms with Crippen LogP contribution in [0.1, 0.15) is 37.3 Å². The lowest BCUT2D eigenvalue weighted by Gasteiger charge is -2.08. The van der Waals surface area contributed by atoms with Crippen LogP contribution in [0.25, 0.3) is 0 Å². The van der Waals surface area contributed by atoms with Gasteiger partial charge in [-0.2, -0.15) is 0 Å². The summed E-state index contributed by atoms with van der Waals surface area (Å²) < 4.78 is 13.1. The third-order valence-electron chi connectivity index (χ3n) is 3.59. The van der Waals surface area contributed by atoms with Crippen LogP contribution in [0.15, 0.2) is 53.5 Å². The zero-order valence-corrected chi connectivity index (χ0v) is 13.7. The van der Waals surface area contributed by atoms with Gasteiger partial charge in [0.2, 0.25) is 0 Å². The van der Waals surface area contributed by atoms with Crippen LogP contribution in [-0.2, 0) is 5.75 Å². The van der Waals surface area contributed by atoms with E-state index < -0.39 is 0 Å². The standard InChI is InChI=1S/C18H21FN2S/c1-3-13(2)15-7-9-17(10-8-15)21-18(20)22-12-14-5-4-6-16(19)11-14/h4-11,13H,3,12H2,1-2H3,(H2,20,21)/t13-/m0/s1. The number of aliphatic imine (C=N–C) groups is 1. The number of amidine groups is 1. The fourth-order valence-corrected chi connectivity index (χ4v) is 2.72. The quantitative estimate of drug-likeness (QED) is 0.607. The number of rotatable bonds is 5. The van der Waals surface area contributed by atoms with Gasteiger partial charge in [0.25, 0.3) is 0 Å². The number of hydrogen-bond donors (Lipinski definition) is 1. The molecule has 4 heteroatoms. The van der Waals surface area contributed by atoms with Gasteiger partial charge in [-0.15, -0.1) is 0 Å². The van der Waals surface area contributed by atoms with Gasteiger partial charge in [-0.1, -0.05) is 49.9 Å². The molecule has 0 aliphatic carbocycles. The molecule has 22 heavy (non-hydrogen) atoms. The number of nitrogens with two attached hydrogens (primary N) is 1. The van der Waals surface area contributed by atoms with Gasteiger partial charge in [0.15, 0.2) is 5.17 Å². The first-order valence-electron chi connectivity index (χ1n) is 7.40. The molecular weight excluding hydrogens is 295 g/mol. The summed E-state index contributed by atoms with van der Waals surface area (Å²) in [5, 5.41) is 0.487. The highest BCUT2D eigenvalue weighted by atomic mass is 32.2. The van der Waals surface area contributed by atoms with Gasteiger partial charge in [0, 0.05) is 5.75 Å². The second-order valence-electron chi connectivity index (χ2n) is 5.27. The fourth-order valence-electron chi connectivity index (χ4n) is 2.06. The average Bonchev–Trinajstić information content (AvgIpc) is 2.53. The van der Waals surface area contributed by atoms with E-state index in [2.05, 4.69) is 31.0 Å². The summed E-state index contributed by atoms with van der Waals surface area (Å²) in [6.07, 6.45) is 1.12. The first-order chi connectivity index (χ1) is 10.6. The Labute approximate surface area is 135 Å². The molecule has 0 heterocycles. The smallest absolute Gasteiger partial charge is 0.159 e. The van der Waals surface area contributed by atoms with Gasteiger partial charge in [-0.05, 0) is 47.7 Å². The molecular formula is C18H21FN2S. The fraction of sp³-hybridized carbons (Fsp3) is 0.278. The monoisotopic (exact) mass is 316 g/mol. The SMILES string of the molecule is CC[C@H](C)c1ccc(N=C(N)SCc2cccc(F)c2)cc1. The van der Waals surface area contributed by atoms with Crippen molar-refractivity contribution in [3.05, 3.63) is 65.5 Å². The van der Waals surface area contributed by atoms with E-state index in [0.717, 1.165) is 17.7 Å². The van der Waals surface area contributed by atoms with Gasteiger partial charge < -0.3 is 5.73 Å². The summed E-state index contributed by atoms with van der Waals surface area (Å²) in [6.45, 7) is 4.39. The van der Waals surface area contributed by atoms with E-state index in [0.29, 0.717) is 16.8 Å². The predicted molar refractivity (Wildman–Crippen MR) is 94.1 cm³/mol. The average molecular weight is 316 g/mol. The van der Waals surface area contributed by atoms with Crippen molar-refractivity contribution in [2.45, 2.75) is 31.9 Å². The first-order valence-corrected chi connectivity index (χ1v) is 8.38. The highest BCUT2D eigenvalue weighted by Gasteiger charge is 2.03. The van der Waals surface area contributed by atoms with Crippen molar-refractivity contribution in [3.63, 3.8) is 0 Å². The lowest BCUT2D eigenvalue weighted by atomic mass is 9.99. The Bertz CT molecular complexity index is 638. The normalized spacial score (nSPS) is 13.1. The largest absolute Gasteiger partial charge is 0.378 e. The molecule has 0 fully saturated rings. The molecule has 0 bridgehead atoms. The molecule has 0 amide bonds. The molecule has 0 saturated carbocycles. The van der Waals surface area contributed by atoms with E-state index in [-0.39, 0.29) is 5.82 Å².